The normalized spacial score (nSPS) is 11.8. The summed E-state index contributed by atoms with van der Waals surface area (Å²) < 4.78 is 10.4. The van der Waals surface area contributed by atoms with Crippen molar-refractivity contribution < 1.29 is 19.2 Å². The number of nitro benzene ring substituents is 1. The number of hydrogen-bond donors (Lipinski definition) is 2. The molecule has 10 heteroatoms. The van der Waals surface area contributed by atoms with Crippen molar-refractivity contribution in [2.45, 2.75) is 13.0 Å². The van der Waals surface area contributed by atoms with E-state index < -0.39 is 17.0 Å². The lowest BCUT2D eigenvalue weighted by Gasteiger charge is -2.15. The molecular weight excluding hydrogens is 392 g/mol. The van der Waals surface area contributed by atoms with E-state index >= 15 is 0 Å². The van der Waals surface area contributed by atoms with Gasteiger partial charge < -0.3 is 19.8 Å². The molecular formula is C20H20N4O6. The minimum atomic E-state index is -0.888. The van der Waals surface area contributed by atoms with E-state index in [9.17, 15) is 19.7 Å². The second-order valence-corrected chi connectivity index (χ2v) is 6.42. The van der Waals surface area contributed by atoms with Gasteiger partial charge in [-0.1, -0.05) is 12.1 Å². The van der Waals surface area contributed by atoms with Crippen molar-refractivity contribution in [3.8, 4) is 0 Å². The van der Waals surface area contributed by atoms with E-state index in [4.69, 9.17) is 9.47 Å². The number of aromatic amines is 1. The number of nitrogens with zero attached hydrogens (tertiary/aromatic N) is 2. The van der Waals surface area contributed by atoms with Crippen LogP contribution in [0.2, 0.25) is 0 Å². The summed E-state index contributed by atoms with van der Waals surface area (Å²) in [5.41, 5.74) is 0.237. The molecule has 10 nitrogen and oxygen atoms in total. The van der Waals surface area contributed by atoms with Crippen LogP contribution in [-0.4, -0.2) is 41.1 Å². The molecule has 156 valence electrons. The monoisotopic (exact) mass is 412 g/mol. The van der Waals surface area contributed by atoms with Gasteiger partial charge in [0.05, 0.1) is 28.0 Å². The molecule has 3 rings (SSSR count). The highest BCUT2D eigenvalue weighted by molar-refractivity contribution is 5.96. The highest BCUT2D eigenvalue weighted by atomic mass is 16.6. The van der Waals surface area contributed by atoms with Crippen LogP contribution in [0.4, 0.5) is 11.4 Å². The number of fused-ring (bicyclic) bond motifs is 1. The van der Waals surface area contributed by atoms with Crippen LogP contribution in [0.3, 0.4) is 0 Å². The maximum atomic E-state index is 12.8. The molecule has 0 fully saturated rings. The van der Waals surface area contributed by atoms with Crippen LogP contribution in [0.5, 0.6) is 0 Å². The van der Waals surface area contributed by atoms with E-state index in [1.165, 1.54) is 19.2 Å². The number of nitro groups is 1. The molecule has 30 heavy (non-hydrogen) atoms. The van der Waals surface area contributed by atoms with Gasteiger partial charge in [0, 0.05) is 31.5 Å². The van der Waals surface area contributed by atoms with Crippen molar-refractivity contribution in [1.82, 2.24) is 9.97 Å². The summed E-state index contributed by atoms with van der Waals surface area (Å²) in [5.74, 6) is -0.617. The van der Waals surface area contributed by atoms with E-state index in [2.05, 4.69) is 15.3 Å². The fourth-order valence-electron chi connectivity index (χ4n) is 2.83. The number of para-hydroxylation sites is 1. The third kappa shape index (κ3) is 4.61. The number of carbonyl (C=O) groups excluding carboxylic acids is 1. The van der Waals surface area contributed by atoms with Gasteiger partial charge in [-0.15, -0.1) is 0 Å². The lowest BCUT2D eigenvalue weighted by Crippen LogP contribution is -2.18. The van der Waals surface area contributed by atoms with E-state index in [0.717, 1.165) is 6.07 Å². The van der Waals surface area contributed by atoms with Crippen molar-refractivity contribution in [1.29, 1.82) is 0 Å². The van der Waals surface area contributed by atoms with Crippen LogP contribution >= 0.6 is 0 Å². The largest absolute Gasteiger partial charge is 0.451 e. The van der Waals surface area contributed by atoms with Gasteiger partial charge in [0.2, 0.25) is 0 Å². The Hall–Kier alpha value is -3.79. The molecule has 2 N–H and O–H groups in total. The number of H-pyrrole nitrogens is 1. The highest BCUT2D eigenvalue weighted by Crippen LogP contribution is 2.25. The van der Waals surface area contributed by atoms with Crippen LogP contribution in [-0.2, 0) is 9.47 Å². The Morgan fingerprint density at radius 2 is 2.07 bits per heavy atom. The molecule has 3 aromatic rings. The van der Waals surface area contributed by atoms with Crippen molar-refractivity contribution >= 4 is 28.2 Å². The quantitative estimate of drug-likeness (QED) is 0.249. The van der Waals surface area contributed by atoms with Crippen LogP contribution in [0.15, 0.2) is 47.3 Å². The molecule has 0 aliphatic heterocycles. The van der Waals surface area contributed by atoms with Gasteiger partial charge in [-0.25, -0.2) is 9.78 Å². The molecule has 0 unspecified atom stereocenters. The third-order valence-corrected chi connectivity index (χ3v) is 4.36. The lowest BCUT2D eigenvalue weighted by atomic mass is 10.1. The maximum absolute atomic E-state index is 12.8. The first-order valence-electron chi connectivity index (χ1n) is 9.12. The first-order chi connectivity index (χ1) is 14.4. The summed E-state index contributed by atoms with van der Waals surface area (Å²) in [5, 5.41) is 14.5. The number of ether oxygens (including phenoxy) is 2. The first-order valence-corrected chi connectivity index (χ1v) is 9.12. The van der Waals surface area contributed by atoms with Crippen molar-refractivity contribution in [3.05, 3.63) is 74.3 Å². The zero-order valence-electron chi connectivity index (χ0n) is 16.4. The summed E-state index contributed by atoms with van der Waals surface area (Å²) in [6.45, 7) is 2.33. The Morgan fingerprint density at radius 3 is 2.80 bits per heavy atom. The summed E-state index contributed by atoms with van der Waals surface area (Å²) in [6, 6.07) is 10.7. The average Bonchev–Trinajstić information content (AvgIpc) is 2.73. The molecule has 0 radical (unpaired) electrons. The SMILES string of the molecule is COCCNc1ccc([N+](=O)[O-])cc1C(=O)O[C@@H](C)c1nc2ccccc2c(=O)[nH]1. The van der Waals surface area contributed by atoms with E-state index in [-0.39, 0.29) is 22.6 Å². The summed E-state index contributed by atoms with van der Waals surface area (Å²) >= 11 is 0. The standard InChI is InChI=1S/C20H20N4O6/c1-12(18-22-17-6-4-3-5-14(17)19(25)23-18)30-20(26)15-11-13(24(27)28)7-8-16(15)21-9-10-29-2/h3-8,11-12,21H,9-10H2,1-2H3,(H,22,23,25)/t12-/m0/s1. The van der Waals surface area contributed by atoms with Crippen molar-refractivity contribution in [2.75, 3.05) is 25.6 Å². The van der Waals surface area contributed by atoms with Crippen molar-refractivity contribution in [3.63, 3.8) is 0 Å². The molecule has 0 spiro atoms. The Balaban J connectivity index is 1.87. The van der Waals surface area contributed by atoms with Gasteiger partial charge in [-0.05, 0) is 25.1 Å². The van der Waals surface area contributed by atoms with Gasteiger partial charge in [-0.2, -0.15) is 0 Å². The number of anilines is 1. The minimum Gasteiger partial charge on any atom is -0.451 e. The van der Waals surface area contributed by atoms with Crippen LogP contribution in [0, 0.1) is 10.1 Å². The number of aromatic nitrogens is 2. The van der Waals surface area contributed by atoms with Gasteiger partial charge in [0.25, 0.3) is 11.2 Å². The van der Waals surface area contributed by atoms with Crippen LogP contribution in [0.1, 0.15) is 29.2 Å². The first kappa shape index (κ1) is 20.9. The second-order valence-electron chi connectivity index (χ2n) is 6.42. The number of hydrogen-bond acceptors (Lipinski definition) is 8. The number of benzene rings is 2. The number of methoxy groups -OCH3 is 1. The van der Waals surface area contributed by atoms with Gasteiger partial charge in [0.15, 0.2) is 11.9 Å². The van der Waals surface area contributed by atoms with E-state index in [0.29, 0.717) is 29.7 Å². The second kappa shape index (κ2) is 9.14. The van der Waals surface area contributed by atoms with Crippen LogP contribution < -0.4 is 10.9 Å². The van der Waals surface area contributed by atoms with E-state index in [1.54, 1.807) is 31.2 Å². The number of esters is 1. The Morgan fingerprint density at radius 1 is 1.30 bits per heavy atom. The molecule has 2 aromatic carbocycles. The molecule has 0 saturated carbocycles. The summed E-state index contributed by atoms with van der Waals surface area (Å²) in [7, 11) is 1.53. The minimum absolute atomic E-state index is 0.00436. The van der Waals surface area contributed by atoms with Crippen LogP contribution in [0.25, 0.3) is 10.9 Å². The smallest absolute Gasteiger partial charge is 0.341 e. The Bertz CT molecular complexity index is 1140. The number of nitrogens with one attached hydrogen (secondary N) is 2. The molecule has 1 atom stereocenters. The topological polar surface area (TPSA) is 136 Å². The molecule has 0 saturated heterocycles. The molecule has 0 aliphatic carbocycles. The molecule has 1 aromatic heterocycles. The Labute approximate surface area is 171 Å². The fraction of sp³-hybridized carbons (Fsp3) is 0.250. The zero-order valence-corrected chi connectivity index (χ0v) is 16.4. The average molecular weight is 412 g/mol. The predicted molar refractivity (Wildman–Crippen MR) is 110 cm³/mol. The molecule has 0 bridgehead atoms. The Kier molecular flexibility index (Phi) is 6.38. The maximum Gasteiger partial charge on any atom is 0.341 e. The predicted octanol–water partition coefficient (Wildman–Crippen LogP) is 2.81. The molecule has 1 heterocycles. The number of non-ortho nitro benzene ring substituents is 1. The van der Waals surface area contributed by atoms with Crippen molar-refractivity contribution in [2.24, 2.45) is 0 Å². The van der Waals surface area contributed by atoms with E-state index in [1.807, 2.05) is 0 Å². The fourth-order valence-corrected chi connectivity index (χ4v) is 2.83. The number of rotatable bonds is 8. The van der Waals surface area contributed by atoms with Gasteiger partial charge in [-0.3, -0.25) is 14.9 Å². The summed E-state index contributed by atoms with van der Waals surface area (Å²) in [4.78, 5) is 42.5. The molecule has 0 aliphatic rings. The molecule has 0 amide bonds. The lowest BCUT2D eigenvalue weighted by molar-refractivity contribution is -0.384. The zero-order chi connectivity index (χ0) is 21.7. The van der Waals surface area contributed by atoms with Gasteiger partial charge in [0.1, 0.15) is 0 Å². The summed E-state index contributed by atoms with van der Waals surface area (Å²) in [6.07, 6.45) is -0.888. The van der Waals surface area contributed by atoms with Gasteiger partial charge >= 0.3 is 5.97 Å². The third-order valence-electron chi connectivity index (χ3n) is 4.36. The highest BCUT2D eigenvalue weighted by Gasteiger charge is 2.22. The number of carbonyl (C=O) groups is 1.